The predicted molar refractivity (Wildman–Crippen MR) is 74.7 cm³/mol. The fraction of sp³-hybridized carbons (Fsp3) is 0.467. The van der Waals surface area contributed by atoms with Crippen molar-refractivity contribution in [2.75, 3.05) is 0 Å². The molecule has 0 spiro atoms. The lowest BCUT2D eigenvalue weighted by molar-refractivity contribution is 0.384. The predicted octanol–water partition coefficient (Wildman–Crippen LogP) is 3.18. The Kier molecular flexibility index (Phi) is 4.68. The molecule has 4 heteroatoms. The summed E-state index contributed by atoms with van der Waals surface area (Å²) in [6, 6.07) is 9.05. The SMILES string of the molecule is CCCc1ccc(C(C)NCc2noc(C)n2)cc1. The van der Waals surface area contributed by atoms with E-state index in [0.717, 1.165) is 6.42 Å². The number of nitrogens with one attached hydrogen (secondary N) is 1. The average molecular weight is 259 g/mol. The summed E-state index contributed by atoms with van der Waals surface area (Å²) in [4.78, 5) is 4.17. The molecule has 2 rings (SSSR count). The maximum absolute atomic E-state index is 4.94. The first-order valence-corrected chi connectivity index (χ1v) is 6.80. The molecule has 1 aromatic heterocycles. The van der Waals surface area contributed by atoms with Crippen LogP contribution >= 0.6 is 0 Å². The summed E-state index contributed by atoms with van der Waals surface area (Å²) in [6.07, 6.45) is 2.33. The van der Waals surface area contributed by atoms with Gasteiger partial charge in [-0.25, -0.2) is 0 Å². The summed E-state index contributed by atoms with van der Waals surface area (Å²) >= 11 is 0. The highest BCUT2D eigenvalue weighted by Gasteiger charge is 2.07. The minimum atomic E-state index is 0.273. The molecule has 0 aliphatic rings. The highest BCUT2D eigenvalue weighted by Crippen LogP contribution is 2.14. The van der Waals surface area contributed by atoms with Crippen LogP contribution in [0.3, 0.4) is 0 Å². The first-order valence-electron chi connectivity index (χ1n) is 6.80. The van der Waals surface area contributed by atoms with E-state index in [9.17, 15) is 0 Å². The van der Waals surface area contributed by atoms with Crippen molar-refractivity contribution in [3.8, 4) is 0 Å². The molecule has 0 amide bonds. The van der Waals surface area contributed by atoms with Crippen molar-refractivity contribution in [3.05, 3.63) is 47.1 Å². The fourth-order valence-electron chi connectivity index (χ4n) is 2.04. The van der Waals surface area contributed by atoms with Gasteiger partial charge in [-0.05, 0) is 24.5 Å². The quantitative estimate of drug-likeness (QED) is 0.865. The zero-order valence-corrected chi connectivity index (χ0v) is 11.8. The molecular formula is C15H21N3O. The molecule has 1 atom stereocenters. The van der Waals surface area contributed by atoms with E-state index in [1.54, 1.807) is 6.92 Å². The molecule has 2 aromatic rings. The molecule has 0 radical (unpaired) electrons. The van der Waals surface area contributed by atoms with Crippen LogP contribution in [0.4, 0.5) is 0 Å². The van der Waals surface area contributed by atoms with E-state index in [1.165, 1.54) is 17.5 Å². The molecule has 0 bridgehead atoms. The smallest absolute Gasteiger partial charge is 0.223 e. The Labute approximate surface area is 114 Å². The van der Waals surface area contributed by atoms with Crippen molar-refractivity contribution in [1.82, 2.24) is 15.5 Å². The molecule has 4 nitrogen and oxygen atoms in total. The van der Waals surface area contributed by atoms with Crippen LogP contribution in [0.15, 0.2) is 28.8 Å². The van der Waals surface area contributed by atoms with Crippen LogP contribution in [0.2, 0.25) is 0 Å². The molecule has 19 heavy (non-hydrogen) atoms. The van der Waals surface area contributed by atoms with Gasteiger partial charge >= 0.3 is 0 Å². The molecule has 0 aliphatic heterocycles. The van der Waals surface area contributed by atoms with Gasteiger partial charge in [0.25, 0.3) is 0 Å². The highest BCUT2D eigenvalue weighted by molar-refractivity contribution is 5.24. The van der Waals surface area contributed by atoms with Gasteiger partial charge in [0.2, 0.25) is 5.89 Å². The summed E-state index contributed by atoms with van der Waals surface area (Å²) in [6.45, 7) is 6.76. The van der Waals surface area contributed by atoms with Crippen molar-refractivity contribution in [1.29, 1.82) is 0 Å². The molecule has 1 N–H and O–H groups in total. The van der Waals surface area contributed by atoms with Crippen molar-refractivity contribution < 1.29 is 4.52 Å². The van der Waals surface area contributed by atoms with Gasteiger partial charge in [-0.3, -0.25) is 0 Å². The number of aryl methyl sites for hydroxylation is 2. The van der Waals surface area contributed by atoms with E-state index < -0.39 is 0 Å². The molecule has 0 fully saturated rings. The molecule has 102 valence electrons. The first kappa shape index (κ1) is 13.7. The Balaban J connectivity index is 1.90. The van der Waals surface area contributed by atoms with Gasteiger partial charge in [0, 0.05) is 13.0 Å². The average Bonchev–Trinajstić information content (AvgIpc) is 2.83. The Morgan fingerprint density at radius 1 is 1.26 bits per heavy atom. The largest absolute Gasteiger partial charge is 0.340 e. The van der Waals surface area contributed by atoms with Crippen molar-refractivity contribution in [2.24, 2.45) is 0 Å². The first-order chi connectivity index (χ1) is 9.19. The molecule has 1 aromatic carbocycles. The number of rotatable bonds is 6. The second-order valence-corrected chi connectivity index (χ2v) is 4.82. The lowest BCUT2D eigenvalue weighted by atomic mass is 10.0. The monoisotopic (exact) mass is 259 g/mol. The fourth-order valence-corrected chi connectivity index (χ4v) is 2.04. The molecule has 1 unspecified atom stereocenters. The number of nitrogens with zero attached hydrogens (tertiary/aromatic N) is 2. The third kappa shape index (κ3) is 3.89. The molecule has 0 saturated carbocycles. The van der Waals surface area contributed by atoms with Gasteiger partial charge in [0.15, 0.2) is 5.82 Å². The van der Waals surface area contributed by atoms with E-state index in [1.807, 2.05) is 0 Å². The van der Waals surface area contributed by atoms with E-state index in [-0.39, 0.29) is 6.04 Å². The van der Waals surface area contributed by atoms with Crippen LogP contribution in [0.25, 0.3) is 0 Å². The molecular weight excluding hydrogens is 238 g/mol. The normalized spacial score (nSPS) is 12.6. The minimum absolute atomic E-state index is 0.273. The highest BCUT2D eigenvalue weighted by atomic mass is 16.5. The number of hydrogen-bond acceptors (Lipinski definition) is 4. The topological polar surface area (TPSA) is 51.0 Å². The maximum Gasteiger partial charge on any atom is 0.223 e. The van der Waals surface area contributed by atoms with Crippen molar-refractivity contribution in [2.45, 2.75) is 46.2 Å². The third-order valence-electron chi connectivity index (χ3n) is 3.15. The molecule has 0 saturated heterocycles. The Hall–Kier alpha value is -1.68. The summed E-state index contributed by atoms with van der Waals surface area (Å²) in [5.41, 5.74) is 2.67. The van der Waals surface area contributed by atoms with Gasteiger partial charge in [0.1, 0.15) is 0 Å². The lowest BCUT2D eigenvalue weighted by Gasteiger charge is -2.13. The Morgan fingerprint density at radius 2 is 2.00 bits per heavy atom. The Morgan fingerprint density at radius 3 is 2.58 bits per heavy atom. The van der Waals surface area contributed by atoms with Crippen LogP contribution in [0, 0.1) is 6.92 Å². The van der Waals surface area contributed by atoms with Crippen molar-refractivity contribution >= 4 is 0 Å². The Bertz CT molecular complexity index is 504. The number of aromatic nitrogens is 2. The van der Waals surface area contributed by atoms with Crippen LogP contribution < -0.4 is 5.32 Å². The van der Waals surface area contributed by atoms with E-state index in [4.69, 9.17) is 4.52 Å². The molecule has 1 heterocycles. The van der Waals surface area contributed by atoms with E-state index >= 15 is 0 Å². The van der Waals surface area contributed by atoms with Crippen molar-refractivity contribution in [3.63, 3.8) is 0 Å². The zero-order valence-electron chi connectivity index (χ0n) is 11.8. The van der Waals surface area contributed by atoms with Crippen LogP contribution in [-0.2, 0) is 13.0 Å². The third-order valence-corrected chi connectivity index (χ3v) is 3.15. The summed E-state index contributed by atoms with van der Waals surface area (Å²) in [7, 11) is 0. The van der Waals surface area contributed by atoms with Gasteiger partial charge in [-0.15, -0.1) is 0 Å². The second-order valence-electron chi connectivity index (χ2n) is 4.82. The van der Waals surface area contributed by atoms with Crippen LogP contribution in [-0.4, -0.2) is 10.1 Å². The number of benzene rings is 1. The summed E-state index contributed by atoms with van der Waals surface area (Å²) in [5, 5.41) is 7.27. The lowest BCUT2D eigenvalue weighted by Crippen LogP contribution is -2.18. The standard InChI is InChI=1S/C15H21N3O/c1-4-5-13-6-8-14(9-7-13)11(2)16-10-15-17-12(3)19-18-15/h6-9,11,16H,4-5,10H2,1-3H3. The second kappa shape index (κ2) is 6.48. The summed E-state index contributed by atoms with van der Waals surface area (Å²) < 4.78 is 4.94. The number of hydrogen-bond donors (Lipinski definition) is 1. The van der Waals surface area contributed by atoms with Gasteiger partial charge in [-0.1, -0.05) is 42.8 Å². The van der Waals surface area contributed by atoms with E-state index in [0.29, 0.717) is 18.3 Å². The van der Waals surface area contributed by atoms with Gasteiger partial charge < -0.3 is 9.84 Å². The minimum Gasteiger partial charge on any atom is -0.340 e. The van der Waals surface area contributed by atoms with Crippen LogP contribution in [0.5, 0.6) is 0 Å². The molecule has 0 aliphatic carbocycles. The van der Waals surface area contributed by atoms with Crippen LogP contribution in [0.1, 0.15) is 49.2 Å². The van der Waals surface area contributed by atoms with Gasteiger partial charge in [0.05, 0.1) is 6.54 Å². The maximum atomic E-state index is 4.94. The zero-order chi connectivity index (χ0) is 13.7. The summed E-state index contributed by atoms with van der Waals surface area (Å²) in [5.74, 6) is 1.31. The van der Waals surface area contributed by atoms with E-state index in [2.05, 4.69) is 53.6 Å². The van der Waals surface area contributed by atoms with Gasteiger partial charge in [-0.2, -0.15) is 4.98 Å².